The first-order chi connectivity index (χ1) is 6.19. The monoisotopic (exact) mass is 174 g/mol. The number of benzene rings is 1. The number of hydrogen-bond acceptors (Lipinski definition) is 2. The average Bonchev–Trinajstić information content (AvgIpc) is 2.79. The Morgan fingerprint density at radius 3 is 2.31 bits per heavy atom. The molecule has 0 aromatic heterocycles. The van der Waals surface area contributed by atoms with Gasteiger partial charge in [-0.15, -0.1) is 0 Å². The molecule has 1 aromatic carbocycles. The number of nitrogens with zero attached hydrogens (tertiary/aromatic N) is 2. The molecule has 2 rings (SSSR count). The van der Waals surface area contributed by atoms with E-state index >= 15 is 0 Å². The maximum atomic E-state index is 12.6. The molecule has 13 heavy (non-hydrogen) atoms. The molecule has 0 N–H and O–H groups in total. The Hall–Kier alpha value is -1.69. The van der Waals surface area contributed by atoms with Gasteiger partial charge >= 0.3 is 0 Å². The van der Waals surface area contributed by atoms with Gasteiger partial charge in [-0.1, -0.05) is 12.1 Å². The Balaban J connectivity index is 2.39. The topological polar surface area (TPSA) is 36.1 Å². The van der Waals surface area contributed by atoms with Crippen LogP contribution in [0.15, 0.2) is 29.3 Å². The smallest absolute Gasteiger partial charge is 0.208 e. The molecule has 0 bridgehead atoms. The van der Waals surface area contributed by atoms with Gasteiger partial charge in [0.2, 0.25) is 5.54 Å². The molecule has 1 heterocycles. The summed E-state index contributed by atoms with van der Waals surface area (Å²) in [6.45, 7) is 1.80. The van der Waals surface area contributed by atoms with Crippen LogP contribution in [-0.2, 0) is 5.54 Å². The Kier molecular flexibility index (Phi) is 1.46. The number of rotatable bonds is 1. The quantitative estimate of drug-likeness (QED) is 0.641. The second kappa shape index (κ2) is 2.40. The van der Waals surface area contributed by atoms with Crippen LogP contribution in [0, 0.1) is 17.1 Å². The largest absolute Gasteiger partial charge is 0.257 e. The normalized spacial score (nSPS) is 24.8. The third kappa shape index (κ3) is 1.03. The lowest BCUT2D eigenvalue weighted by molar-refractivity contribution is 0.626. The number of aliphatic imine (C=N–C) groups is 1. The van der Waals surface area contributed by atoms with Gasteiger partial charge in [-0.2, -0.15) is 5.26 Å². The van der Waals surface area contributed by atoms with Crippen LogP contribution >= 0.6 is 0 Å². The van der Waals surface area contributed by atoms with Crippen LogP contribution in [-0.4, -0.2) is 5.71 Å². The van der Waals surface area contributed by atoms with Crippen LogP contribution in [0.5, 0.6) is 0 Å². The summed E-state index contributed by atoms with van der Waals surface area (Å²) in [5, 5.41) is 8.89. The lowest BCUT2D eigenvalue weighted by Crippen LogP contribution is -2.11. The summed E-state index contributed by atoms with van der Waals surface area (Å²) >= 11 is 0. The molecule has 0 radical (unpaired) electrons. The minimum atomic E-state index is -0.784. The molecule has 0 spiro atoms. The molecule has 0 amide bonds. The average molecular weight is 174 g/mol. The van der Waals surface area contributed by atoms with Crippen molar-refractivity contribution in [2.75, 3.05) is 0 Å². The molecule has 64 valence electrons. The highest BCUT2D eigenvalue weighted by Crippen LogP contribution is 2.38. The van der Waals surface area contributed by atoms with Crippen molar-refractivity contribution < 1.29 is 4.39 Å². The maximum absolute atomic E-state index is 12.6. The molecule has 1 unspecified atom stereocenters. The number of nitriles is 1. The van der Waals surface area contributed by atoms with Gasteiger partial charge < -0.3 is 0 Å². The number of halogens is 1. The summed E-state index contributed by atoms with van der Waals surface area (Å²) in [5.74, 6) is -0.296. The highest BCUT2D eigenvalue weighted by molar-refractivity contribution is 6.07. The van der Waals surface area contributed by atoms with E-state index in [1.807, 2.05) is 0 Å². The summed E-state index contributed by atoms with van der Waals surface area (Å²) < 4.78 is 12.6. The van der Waals surface area contributed by atoms with Crippen LogP contribution in [0.25, 0.3) is 0 Å². The van der Waals surface area contributed by atoms with Gasteiger partial charge in [-0.3, -0.25) is 4.99 Å². The lowest BCUT2D eigenvalue weighted by atomic mass is 9.96. The highest BCUT2D eigenvalue weighted by Gasteiger charge is 2.46. The van der Waals surface area contributed by atoms with E-state index in [4.69, 9.17) is 5.26 Å². The van der Waals surface area contributed by atoms with Crippen LogP contribution in [0.3, 0.4) is 0 Å². The van der Waals surface area contributed by atoms with Crippen molar-refractivity contribution in [2.24, 2.45) is 4.99 Å². The van der Waals surface area contributed by atoms with Crippen molar-refractivity contribution in [1.29, 1.82) is 5.26 Å². The zero-order chi connectivity index (χ0) is 9.47. The Morgan fingerprint density at radius 1 is 1.38 bits per heavy atom. The van der Waals surface area contributed by atoms with Crippen molar-refractivity contribution in [2.45, 2.75) is 12.5 Å². The Bertz CT molecular complexity index is 414. The lowest BCUT2D eigenvalue weighted by Gasteiger charge is -2.04. The maximum Gasteiger partial charge on any atom is 0.208 e. The zero-order valence-electron chi connectivity index (χ0n) is 7.08. The molecular weight excluding hydrogens is 167 g/mol. The van der Waals surface area contributed by atoms with Crippen molar-refractivity contribution in [1.82, 2.24) is 0 Å². The van der Waals surface area contributed by atoms with Crippen LogP contribution < -0.4 is 0 Å². The fourth-order valence-electron chi connectivity index (χ4n) is 1.36. The van der Waals surface area contributed by atoms with Crippen LogP contribution in [0.2, 0.25) is 0 Å². The van der Waals surface area contributed by atoms with Gasteiger partial charge in [0.15, 0.2) is 0 Å². The fraction of sp³-hybridized carbons (Fsp3) is 0.200. The van der Waals surface area contributed by atoms with E-state index in [2.05, 4.69) is 11.1 Å². The molecule has 1 aromatic rings. The summed E-state index contributed by atoms with van der Waals surface area (Å²) in [7, 11) is 0. The molecule has 0 aliphatic carbocycles. The van der Waals surface area contributed by atoms with Gasteiger partial charge in [0.05, 0.1) is 5.71 Å². The first-order valence-electron chi connectivity index (χ1n) is 3.93. The third-order valence-corrected chi connectivity index (χ3v) is 2.23. The number of hydrogen-bond donors (Lipinski definition) is 0. The van der Waals surface area contributed by atoms with Crippen molar-refractivity contribution in [3.63, 3.8) is 0 Å². The van der Waals surface area contributed by atoms with Gasteiger partial charge in [-0.25, -0.2) is 4.39 Å². The summed E-state index contributed by atoms with van der Waals surface area (Å²) in [6.07, 6.45) is 0. The molecule has 1 aliphatic rings. The van der Waals surface area contributed by atoms with Crippen molar-refractivity contribution >= 4 is 5.71 Å². The van der Waals surface area contributed by atoms with Gasteiger partial charge in [0, 0.05) is 0 Å². The molecular formula is C10H7FN2. The minimum Gasteiger partial charge on any atom is -0.257 e. The second-order valence-electron chi connectivity index (χ2n) is 3.03. The minimum absolute atomic E-state index is 0.296. The van der Waals surface area contributed by atoms with Gasteiger partial charge in [0.25, 0.3) is 0 Å². The predicted octanol–water partition coefficient (Wildman–Crippen LogP) is 2.02. The van der Waals surface area contributed by atoms with Crippen LogP contribution in [0.4, 0.5) is 4.39 Å². The Morgan fingerprint density at radius 2 is 1.92 bits per heavy atom. The summed E-state index contributed by atoms with van der Waals surface area (Å²) in [4.78, 5) is 4.04. The molecule has 0 saturated heterocycles. The van der Waals surface area contributed by atoms with E-state index in [0.717, 1.165) is 11.3 Å². The standard InChI is InChI=1S/C10H7FN2/c1-7-10(6-12,13-7)8-2-4-9(11)5-3-8/h2-5H,1H3. The van der Waals surface area contributed by atoms with E-state index in [9.17, 15) is 4.39 Å². The van der Waals surface area contributed by atoms with E-state index in [1.54, 1.807) is 19.1 Å². The van der Waals surface area contributed by atoms with E-state index in [0.29, 0.717) is 0 Å². The molecule has 3 heteroatoms. The van der Waals surface area contributed by atoms with Gasteiger partial charge in [-0.05, 0) is 24.6 Å². The summed E-state index contributed by atoms with van der Waals surface area (Å²) in [6, 6.07) is 7.99. The molecule has 0 fully saturated rings. The SMILES string of the molecule is CC1=NC1(C#N)c1ccc(F)cc1. The second-order valence-corrected chi connectivity index (χ2v) is 3.03. The van der Waals surface area contributed by atoms with Crippen molar-refractivity contribution in [3.8, 4) is 6.07 Å². The molecule has 1 atom stereocenters. The molecule has 2 nitrogen and oxygen atoms in total. The predicted molar refractivity (Wildman–Crippen MR) is 46.8 cm³/mol. The van der Waals surface area contributed by atoms with E-state index in [-0.39, 0.29) is 5.82 Å². The molecule has 0 saturated carbocycles. The first-order valence-corrected chi connectivity index (χ1v) is 3.93. The first kappa shape index (κ1) is 7.93. The molecule has 1 aliphatic heterocycles. The fourth-order valence-corrected chi connectivity index (χ4v) is 1.36. The summed E-state index contributed by atoms with van der Waals surface area (Å²) in [5.41, 5.74) is 0.753. The van der Waals surface area contributed by atoms with Gasteiger partial charge in [0.1, 0.15) is 11.9 Å². The van der Waals surface area contributed by atoms with E-state index in [1.165, 1.54) is 12.1 Å². The van der Waals surface area contributed by atoms with E-state index < -0.39 is 5.54 Å². The van der Waals surface area contributed by atoms with Crippen LogP contribution in [0.1, 0.15) is 12.5 Å². The van der Waals surface area contributed by atoms with Crippen molar-refractivity contribution in [3.05, 3.63) is 35.6 Å². The third-order valence-electron chi connectivity index (χ3n) is 2.23. The zero-order valence-corrected chi connectivity index (χ0v) is 7.08. The Labute approximate surface area is 75.3 Å². The highest BCUT2D eigenvalue weighted by atomic mass is 19.1.